The van der Waals surface area contributed by atoms with E-state index in [9.17, 15) is 4.79 Å². The summed E-state index contributed by atoms with van der Waals surface area (Å²) in [6.07, 6.45) is 2.42. The second-order valence-electron chi connectivity index (χ2n) is 5.08. The first-order valence-electron chi connectivity index (χ1n) is 6.93. The predicted octanol–water partition coefficient (Wildman–Crippen LogP) is 1.67. The van der Waals surface area contributed by atoms with Gasteiger partial charge in [-0.15, -0.1) is 0 Å². The molecule has 0 saturated carbocycles. The summed E-state index contributed by atoms with van der Waals surface area (Å²) in [6, 6.07) is 9.68. The van der Waals surface area contributed by atoms with E-state index in [1.54, 1.807) is 0 Å². The van der Waals surface area contributed by atoms with E-state index in [1.165, 1.54) is 12.8 Å². The molecule has 1 heterocycles. The zero-order chi connectivity index (χ0) is 13.5. The zero-order valence-corrected chi connectivity index (χ0v) is 11.5. The average molecular weight is 262 g/mol. The lowest BCUT2D eigenvalue weighted by Crippen LogP contribution is -2.42. The molecule has 1 fully saturated rings. The minimum absolute atomic E-state index is 0.0234. The van der Waals surface area contributed by atoms with Crippen molar-refractivity contribution in [2.24, 2.45) is 0 Å². The Hall–Kier alpha value is -1.55. The third kappa shape index (κ3) is 4.91. The number of likely N-dealkylation sites (tertiary alicyclic amines) is 1. The van der Waals surface area contributed by atoms with Crippen molar-refractivity contribution in [2.75, 3.05) is 26.2 Å². The molecule has 1 atom stereocenters. The highest BCUT2D eigenvalue weighted by Crippen LogP contribution is 2.08. The molecule has 1 aromatic rings. The third-order valence-electron chi connectivity index (χ3n) is 3.22. The van der Waals surface area contributed by atoms with Crippen LogP contribution in [-0.4, -0.2) is 43.1 Å². The highest BCUT2D eigenvalue weighted by molar-refractivity contribution is 5.78. The van der Waals surface area contributed by atoms with Gasteiger partial charge < -0.3 is 10.1 Å². The average Bonchev–Trinajstić information content (AvgIpc) is 2.90. The van der Waals surface area contributed by atoms with E-state index in [0.29, 0.717) is 13.2 Å². The standard InChI is InChI=1S/C15H22N2O2/c1-13(12-19-14-7-3-2-4-8-14)16-15(18)11-17-9-5-6-10-17/h2-4,7-8,13H,5-6,9-12H2,1H3,(H,16,18). The fourth-order valence-corrected chi connectivity index (χ4v) is 2.24. The summed E-state index contributed by atoms with van der Waals surface area (Å²) in [7, 11) is 0. The lowest BCUT2D eigenvalue weighted by atomic mass is 10.3. The van der Waals surface area contributed by atoms with E-state index in [2.05, 4.69) is 10.2 Å². The van der Waals surface area contributed by atoms with Crippen LogP contribution < -0.4 is 10.1 Å². The summed E-state index contributed by atoms with van der Waals surface area (Å²) < 4.78 is 5.61. The zero-order valence-electron chi connectivity index (χ0n) is 11.5. The Balaban J connectivity index is 1.65. The molecule has 0 spiro atoms. The molecule has 1 unspecified atom stereocenters. The van der Waals surface area contributed by atoms with Gasteiger partial charge in [-0.05, 0) is 45.0 Å². The maximum absolute atomic E-state index is 11.8. The first-order chi connectivity index (χ1) is 9.24. The van der Waals surface area contributed by atoms with Crippen molar-refractivity contribution in [1.82, 2.24) is 10.2 Å². The molecule has 0 bridgehead atoms. The fraction of sp³-hybridized carbons (Fsp3) is 0.533. The van der Waals surface area contributed by atoms with Gasteiger partial charge in [0.05, 0.1) is 12.6 Å². The molecule has 1 aliphatic rings. The van der Waals surface area contributed by atoms with Gasteiger partial charge in [0.15, 0.2) is 0 Å². The van der Waals surface area contributed by atoms with Gasteiger partial charge in [0.1, 0.15) is 12.4 Å². The first-order valence-corrected chi connectivity index (χ1v) is 6.93. The summed E-state index contributed by atoms with van der Waals surface area (Å²) in [5.74, 6) is 0.925. The SMILES string of the molecule is CC(COc1ccccc1)NC(=O)CN1CCCC1. The van der Waals surface area contributed by atoms with Crippen LogP contribution >= 0.6 is 0 Å². The predicted molar refractivity (Wildman–Crippen MR) is 75.2 cm³/mol. The van der Waals surface area contributed by atoms with Crippen LogP contribution in [0.2, 0.25) is 0 Å². The minimum Gasteiger partial charge on any atom is -0.491 e. The van der Waals surface area contributed by atoms with Crippen LogP contribution in [0.4, 0.5) is 0 Å². The van der Waals surface area contributed by atoms with Crippen LogP contribution in [0.3, 0.4) is 0 Å². The molecule has 1 amide bonds. The number of carbonyl (C=O) groups excluding carboxylic acids is 1. The second kappa shape index (κ2) is 7.14. The van der Waals surface area contributed by atoms with Crippen molar-refractivity contribution in [3.63, 3.8) is 0 Å². The molecule has 4 nitrogen and oxygen atoms in total. The Kier molecular flexibility index (Phi) is 5.21. The number of nitrogens with one attached hydrogen (secondary N) is 1. The Morgan fingerprint density at radius 3 is 2.68 bits per heavy atom. The van der Waals surface area contributed by atoms with Gasteiger partial charge >= 0.3 is 0 Å². The second-order valence-corrected chi connectivity index (χ2v) is 5.08. The van der Waals surface area contributed by atoms with Crippen molar-refractivity contribution < 1.29 is 9.53 Å². The normalized spacial score (nSPS) is 17.1. The summed E-state index contributed by atoms with van der Waals surface area (Å²) in [5.41, 5.74) is 0. The molecule has 2 rings (SSSR count). The van der Waals surface area contributed by atoms with Crippen molar-refractivity contribution in [2.45, 2.75) is 25.8 Å². The summed E-state index contributed by atoms with van der Waals surface area (Å²) in [4.78, 5) is 14.0. The Morgan fingerprint density at radius 1 is 1.32 bits per heavy atom. The minimum atomic E-state index is 0.0234. The Labute approximate surface area is 114 Å². The lowest BCUT2D eigenvalue weighted by Gasteiger charge is -2.18. The Bertz CT molecular complexity index is 388. The number of benzene rings is 1. The maximum Gasteiger partial charge on any atom is 0.234 e. The molecule has 4 heteroatoms. The van der Waals surface area contributed by atoms with Crippen LogP contribution in [0.25, 0.3) is 0 Å². The number of rotatable bonds is 6. The largest absolute Gasteiger partial charge is 0.491 e. The van der Waals surface area contributed by atoms with Gasteiger partial charge in [-0.2, -0.15) is 0 Å². The van der Waals surface area contributed by atoms with Crippen molar-refractivity contribution >= 4 is 5.91 Å². The van der Waals surface area contributed by atoms with Crippen LogP contribution in [0, 0.1) is 0 Å². The molecular weight excluding hydrogens is 240 g/mol. The maximum atomic E-state index is 11.8. The van der Waals surface area contributed by atoms with E-state index >= 15 is 0 Å². The topological polar surface area (TPSA) is 41.6 Å². The van der Waals surface area contributed by atoms with Crippen molar-refractivity contribution in [1.29, 1.82) is 0 Å². The molecular formula is C15H22N2O2. The fourth-order valence-electron chi connectivity index (χ4n) is 2.24. The molecule has 0 aliphatic carbocycles. The van der Waals surface area contributed by atoms with E-state index < -0.39 is 0 Å². The highest BCUT2D eigenvalue weighted by atomic mass is 16.5. The van der Waals surface area contributed by atoms with Crippen LogP contribution in [0.5, 0.6) is 5.75 Å². The summed E-state index contributed by atoms with van der Waals surface area (Å²) in [5, 5.41) is 2.97. The smallest absolute Gasteiger partial charge is 0.234 e. The number of hydrogen-bond acceptors (Lipinski definition) is 3. The molecule has 0 radical (unpaired) electrons. The first kappa shape index (κ1) is 13.9. The number of nitrogens with zero attached hydrogens (tertiary/aromatic N) is 1. The monoisotopic (exact) mass is 262 g/mol. The summed E-state index contributed by atoms with van der Waals surface area (Å²) >= 11 is 0. The van der Waals surface area contributed by atoms with Crippen molar-refractivity contribution in [3.8, 4) is 5.75 Å². The van der Waals surface area contributed by atoms with Crippen LogP contribution in [0.15, 0.2) is 30.3 Å². The quantitative estimate of drug-likeness (QED) is 0.848. The van der Waals surface area contributed by atoms with E-state index in [4.69, 9.17) is 4.74 Å². The molecule has 1 aromatic carbocycles. The lowest BCUT2D eigenvalue weighted by molar-refractivity contribution is -0.122. The van der Waals surface area contributed by atoms with Gasteiger partial charge in [-0.1, -0.05) is 18.2 Å². The molecule has 0 aromatic heterocycles. The molecule has 104 valence electrons. The number of carbonyl (C=O) groups is 1. The van der Waals surface area contributed by atoms with Crippen LogP contribution in [0.1, 0.15) is 19.8 Å². The van der Waals surface area contributed by atoms with Gasteiger partial charge in [0.2, 0.25) is 5.91 Å². The number of para-hydroxylation sites is 1. The van der Waals surface area contributed by atoms with Gasteiger partial charge in [-0.25, -0.2) is 0 Å². The number of ether oxygens (including phenoxy) is 1. The van der Waals surface area contributed by atoms with Gasteiger partial charge in [-0.3, -0.25) is 9.69 Å². The van der Waals surface area contributed by atoms with Crippen molar-refractivity contribution in [3.05, 3.63) is 30.3 Å². The third-order valence-corrected chi connectivity index (χ3v) is 3.22. The van der Waals surface area contributed by atoms with Gasteiger partial charge in [0, 0.05) is 0 Å². The molecule has 19 heavy (non-hydrogen) atoms. The highest BCUT2D eigenvalue weighted by Gasteiger charge is 2.16. The Morgan fingerprint density at radius 2 is 2.00 bits per heavy atom. The molecule has 1 saturated heterocycles. The van der Waals surface area contributed by atoms with E-state index in [1.807, 2.05) is 37.3 Å². The number of hydrogen-bond donors (Lipinski definition) is 1. The van der Waals surface area contributed by atoms with Gasteiger partial charge in [0.25, 0.3) is 0 Å². The number of amides is 1. The van der Waals surface area contributed by atoms with E-state index in [-0.39, 0.29) is 11.9 Å². The molecule has 1 N–H and O–H groups in total. The summed E-state index contributed by atoms with van der Waals surface area (Å²) in [6.45, 7) is 5.06. The molecule has 1 aliphatic heterocycles. The van der Waals surface area contributed by atoms with E-state index in [0.717, 1.165) is 18.8 Å². The van der Waals surface area contributed by atoms with Crippen LogP contribution in [-0.2, 0) is 4.79 Å².